The fraction of sp³-hybridized carbons (Fsp3) is 0.214. The molecule has 0 unspecified atom stereocenters. The lowest BCUT2D eigenvalue weighted by atomic mass is 10.1. The van der Waals surface area contributed by atoms with E-state index >= 15 is 0 Å². The molecule has 0 fully saturated rings. The third kappa shape index (κ3) is 3.68. The van der Waals surface area contributed by atoms with Crippen LogP contribution in [0.1, 0.15) is 13.3 Å². The number of aromatic nitrogens is 2. The highest BCUT2D eigenvalue weighted by Crippen LogP contribution is 2.19. The lowest BCUT2D eigenvalue weighted by Gasteiger charge is -2.01. The topological polar surface area (TPSA) is 84.1 Å². The van der Waals surface area contributed by atoms with Crippen LogP contribution in [0.3, 0.4) is 0 Å². The van der Waals surface area contributed by atoms with Crippen molar-refractivity contribution < 1.29 is 14.3 Å². The van der Waals surface area contributed by atoms with Crippen LogP contribution in [0.25, 0.3) is 11.3 Å². The summed E-state index contributed by atoms with van der Waals surface area (Å²) in [5.41, 5.74) is 1.75. The molecule has 0 bridgehead atoms. The molecule has 6 heteroatoms. The van der Waals surface area contributed by atoms with E-state index in [1.54, 1.807) is 13.0 Å². The van der Waals surface area contributed by atoms with Gasteiger partial charge in [0.05, 0.1) is 12.3 Å². The number of esters is 1. The molecule has 1 heterocycles. The second kappa shape index (κ2) is 6.51. The van der Waals surface area contributed by atoms with Crippen LogP contribution in [0.4, 0.5) is 5.82 Å². The molecule has 1 amide bonds. The summed E-state index contributed by atoms with van der Waals surface area (Å²) in [7, 11) is 0. The fourth-order valence-corrected chi connectivity index (χ4v) is 1.68. The number of carbonyl (C=O) groups excluding carboxylic acids is 2. The molecule has 6 nitrogen and oxygen atoms in total. The standard InChI is InChI=1S/C14H15N3O3/c1-2-20-14(19)9-13(18)15-12-8-11(16-17-12)10-6-4-3-5-7-10/h3-8H,2,9H2,1H3,(H2,15,16,17,18). The van der Waals surface area contributed by atoms with Gasteiger partial charge in [0.15, 0.2) is 5.82 Å². The first-order chi connectivity index (χ1) is 9.69. The van der Waals surface area contributed by atoms with Crippen LogP contribution in [0.2, 0.25) is 0 Å². The molecule has 0 saturated carbocycles. The Kier molecular flexibility index (Phi) is 4.49. The van der Waals surface area contributed by atoms with E-state index in [1.807, 2.05) is 30.3 Å². The zero-order valence-corrected chi connectivity index (χ0v) is 11.1. The van der Waals surface area contributed by atoms with Gasteiger partial charge >= 0.3 is 5.97 Å². The van der Waals surface area contributed by atoms with E-state index in [1.165, 1.54) is 0 Å². The molecule has 20 heavy (non-hydrogen) atoms. The molecule has 2 rings (SSSR count). The summed E-state index contributed by atoms with van der Waals surface area (Å²) in [4.78, 5) is 22.7. The summed E-state index contributed by atoms with van der Waals surface area (Å²) in [5.74, 6) is -0.628. The third-order valence-corrected chi connectivity index (χ3v) is 2.54. The van der Waals surface area contributed by atoms with Gasteiger partial charge in [-0.05, 0) is 12.5 Å². The Hall–Kier alpha value is -2.63. The maximum atomic E-state index is 11.6. The molecule has 0 saturated heterocycles. The Labute approximate surface area is 116 Å². The molecule has 0 aliphatic carbocycles. The Morgan fingerprint density at radius 2 is 2.05 bits per heavy atom. The molecule has 0 aliphatic rings. The molecule has 2 aromatic rings. The fourth-order valence-electron chi connectivity index (χ4n) is 1.68. The first kappa shape index (κ1) is 13.8. The Balaban J connectivity index is 1.96. The zero-order valence-electron chi connectivity index (χ0n) is 11.1. The zero-order chi connectivity index (χ0) is 14.4. The van der Waals surface area contributed by atoms with Crippen LogP contribution < -0.4 is 5.32 Å². The minimum atomic E-state index is -0.552. The number of nitrogens with one attached hydrogen (secondary N) is 2. The van der Waals surface area contributed by atoms with E-state index in [4.69, 9.17) is 4.74 Å². The minimum Gasteiger partial charge on any atom is -0.466 e. The van der Waals surface area contributed by atoms with Crippen molar-refractivity contribution in [3.05, 3.63) is 36.4 Å². The van der Waals surface area contributed by atoms with E-state index in [-0.39, 0.29) is 13.0 Å². The van der Waals surface area contributed by atoms with Gasteiger partial charge in [0, 0.05) is 6.07 Å². The van der Waals surface area contributed by atoms with E-state index in [9.17, 15) is 9.59 Å². The van der Waals surface area contributed by atoms with Crippen molar-refractivity contribution in [2.45, 2.75) is 13.3 Å². The van der Waals surface area contributed by atoms with Gasteiger partial charge in [-0.1, -0.05) is 30.3 Å². The number of amides is 1. The largest absolute Gasteiger partial charge is 0.466 e. The van der Waals surface area contributed by atoms with Crippen molar-refractivity contribution in [3.63, 3.8) is 0 Å². The van der Waals surface area contributed by atoms with Gasteiger partial charge in [-0.25, -0.2) is 0 Å². The number of aromatic amines is 1. The van der Waals surface area contributed by atoms with Crippen LogP contribution in [-0.4, -0.2) is 28.7 Å². The van der Waals surface area contributed by atoms with E-state index in [2.05, 4.69) is 15.5 Å². The summed E-state index contributed by atoms with van der Waals surface area (Å²) in [5, 5.41) is 9.34. The summed E-state index contributed by atoms with van der Waals surface area (Å²) < 4.78 is 4.70. The van der Waals surface area contributed by atoms with Gasteiger partial charge in [-0.3, -0.25) is 14.7 Å². The number of H-pyrrole nitrogens is 1. The minimum absolute atomic E-state index is 0.257. The maximum absolute atomic E-state index is 11.6. The van der Waals surface area contributed by atoms with Crippen molar-refractivity contribution >= 4 is 17.7 Å². The quantitative estimate of drug-likeness (QED) is 0.644. The number of hydrogen-bond acceptors (Lipinski definition) is 4. The van der Waals surface area contributed by atoms with Crippen molar-refractivity contribution in [1.29, 1.82) is 0 Å². The second-order valence-corrected chi connectivity index (χ2v) is 4.06. The molecule has 0 aliphatic heterocycles. The molecule has 0 spiro atoms. The number of ether oxygens (including phenoxy) is 1. The number of anilines is 1. The first-order valence-electron chi connectivity index (χ1n) is 6.25. The van der Waals surface area contributed by atoms with Crippen LogP contribution in [-0.2, 0) is 14.3 Å². The average Bonchev–Trinajstić information content (AvgIpc) is 2.88. The first-order valence-corrected chi connectivity index (χ1v) is 6.25. The van der Waals surface area contributed by atoms with Crippen LogP contribution >= 0.6 is 0 Å². The predicted molar refractivity (Wildman–Crippen MR) is 73.9 cm³/mol. The normalized spacial score (nSPS) is 10.1. The predicted octanol–water partition coefficient (Wildman–Crippen LogP) is 1.97. The average molecular weight is 273 g/mol. The van der Waals surface area contributed by atoms with E-state index in [0.717, 1.165) is 11.3 Å². The van der Waals surface area contributed by atoms with Gasteiger partial charge in [0.25, 0.3) is 0 Å². The second-order valence-electron chi connectivity index (χ2n) is 4.06. The summed E-state index contributed by atoms with van der Waals surface area (Å²) >= 11 is 0. The van der Waals surface area contributed by atoms with Gasteiger partial charge in [0.1, 0.15) is 6.42 Å². The maximum Gasteiger partial charge on any atom is 0.315 e. The number of hydrogen-bond donors (Lipinski definition) is 2. The molecule has 0 atom stereocenters. The molecule has 1 aromatic heterocycles. The number of nitrogens with zero attached hydrogens (tertiary/aromatic N) is 1. The van der Waals surface area contributed by atoms with Gasteiger partial charge < -0.3 is 10.1 Å². The third-order valence-electron chi connectivity index (χ3n) is 2.54. The van der Waals surface area contributed by atoms with E-state index < -0.39 is 11.9 Å². The van der Waals surface area contributed by atoms with E-state index in [0.29, 0.717) is 5.82 Å². The molecular weight excluding hydrogens is 258 g/mol. The lowest BCUT2D eigenvalue weighted by Crippen LogP contribution is -2.18. The Morgan fingerprint density at radius 3 is 2.75 bits per heavy atom. The Morgan fingerprint density at radius 1 is 1.30 bits per heavy atom. The van der Waals surface area contributed by atoms with Gasteiger partial charge in [-0.15, -0.1) is 0 Å². The molecule has 0 radical (unpaired) electrons. The highest BCUT2D eigenvalue weighted by atomic mass is 16.5. The highest BCUT2D eigenvalue weighted by molar-refractivity contribution is 6.01. The SMILES string of the molecule is CCOC(=O)CC(=O)Nc1cc(-c2ccccc2)[nH]n1. The number of rotatable bonds is 5. The molecule has 1 aromatic carbocycles. The number of carbonyl (C=O) groups is 2. The number of benzene rings is 1. The van der Waals surface area contributed by atoms with Crippen molar-refractivity contribution in [1.82, 2.24) is 10.2 Å². The molecule has 104 valence electrons. The molecule has 2 N–H and O–H groups in total. The summed E-state index contributed by atoms with van der Waals surface area (Å²) in [6.45, 7) is 1.95. The van der Waals surface area contributed by atoms with Crippen LogP contribution in [0.15, 0.2) is 36.4 Å². The lowest BCUT2D eigenvalue weighted by molar-refractivity contribution is -0.145. The van der Waals surface area contributed by atoms with Crippen molar-refractivity contribution in [2.24, 2.45) is 0 Å². The Bertz CT molecular complexity index is 593. The smallest absolute Gasteiger partial charge is 0.315 e. The van der Waals surface area contributed by atoms with Gasteiger partial charge in [-0.2, -0.15) is 5.10 Å². The molecular formula is C14H15N3O3. The van der Waals surface area contributed by atoms with Crippen LogP contribution in [0, 0.1) is 0 Å². The van der Waals surface area contributed by atoms with Gasteiger partial charge in [0.2, 0.25) is 5.91 Å². The van der Waals surface area contributed by atoms with Crippen LogP contribution in [0.5, 0.6) is 0 Å². The highest BCUT2D eigenvalue weighted by Gasteiger charge is 2.12. The van der Waals surface area contributed by atoms with Crippen molar-refractivity contribution in [2.75, 3.05) is 11.9 Å². The summed E-state index contributed by atoms with van der Waals surface area (Å²) in [6, 6.07) is 11.3. The summed E-state index contributed by atoms with van der Waals surface area (Å²) in [6.07, 6.45) is -0.318. The monoisotopic (exact) mass is 273 g/mol. The van der Waals surface area contributed by atoms with Crippen molar-refractivity contribution in [3.8, 4) is 11.3 Å².